The average molecular weight is 259 g/mol. The molecule has 0 spiro atoms. The molecule has 1 aromatic rings. The third kappa shape index (κ3) is 2.22. The van der Waals surface area contributed by atoms with Crippen LogP contribution in [0, 0.1) is 0 Å². The molecule has 0 bridgehead atoms. The molecule has 4 nitrogen and oxygen atoms in total. The summed E-state index contributed by atoms with van der Waals surface area (Å²) in [6.07, 6.45) is 0.678. The van der Waals surface area contributed by atoms with Crippen LogP contribution in [0.5, 0.6) is 23.0 Å². The summed E-state index contributed by atoms with van der Waals surface area (Å²) in [6.45, 7) is 2.11. The predicted molar refractivity (Wildman–Crippen MR) is 64.7 cm³/mol. The fourth-order valence-electron chi connectivity index (χ4n) is 1.90. The summed E-state index contributed by atoms with van der Waals surface area (Å²) < 4.78 is 21.4. The van der Waals surface area contributed by atoms with E-state index < -0.39 is 0 Å². The number of alkyl halides is 1. The Balaban J connectivity index is 2.51. The van der Waals surface area contributed by atoms with E-state index in [4.69, 9.17) is 30.5 Å². The maximum absolute atomic E-state index is 6.02. The zero-order valence-electron chi connectivity index (χ0n) is 10.1. The van der Waals surface area contributed by atoms with Gasteiger partial charge in [-0.3, -0.25) is 0 Å². The van der Waals surface area contributed by atoms with Crippen molar-refractivity contribution >= 4 is 11.6 Å². The summed E-state index contributed by atoms with van der Waals surface area (Å²) in [4.78, 5) is 0. The van der Waals surface area contributed by atoms with Crippen LogP contribution in [0.4, 0.5) is 0 Å². The minimum absolute atomic E-state index is 0.00831. The lowest BCUT2D eigenvalue weighted by molar-refractivity contribution is 0.168. The molecule has 0 saturated heterocycles. The van der Waals surface area contributed by atoms with E-state index in [-0.39, 0.29) is 12.2 Å². The Morgan fingerprint density at radius 2 is 2.00 bits per heavy atom. The minimum Gasteiger partial charge on any atom is -0.493 e. The normalized spacial score (nSPS) is 14.6. The maximum Gasteiger partial charge on any atom is 0.231 e. The number of hydrogen-bond donors (Lipinski definition) is 0. The molecule has 0 N–H and O–H groups in total. The van der Waals surface area contributed by atoms with Crippen LogP contribution in [0.1, 0.15) is 12.5 Å². The maximum atomic E-state index is 6.02. The average Bonchev–Trinajstić information content (AvgIpc) is 2.76. The molecular weight excluding hydrogens is 244 g/mol. The summed E-state index contributed by atoms with van der Waals surface area (Å²) in [5.74, 6) is 2.51. The van der Waals surface area contributed by atoms with E-state index in [9.17, 15) is 0 Å². The van der Waals surface area contributed by atoms with Crippen LogP contribution in [0.2, 0.25) is 0 Å². The first-order valence-electron chi connectivity index (χ1n) is 5.35. The fraction of sp³-hybridized carbons (Fsp3) is 0.500. The van der Waals surface area contributed by atoms with Crippen molar-refractivity contribution in [3.8, 4) is 23.0 Å². The van der Waals surface area contributed by atoms with Crippen LogP contribution in [-0.4, -0.2) is 26.4 Å². The molecule has 1 heterocycles. The molecule has 0 aromatic heterocycles. The van der Waals surface area contributed by atoms with E-state index in [2.05, 4.69) is 0 Å². The van der Waals surface area contributed by atoms with Gasteiger partial charge in [-0.2, -0.15) is 0 Å². The molecule has 0 unspecified atom stereocenters. The fourth-order valence-corrected chi connectivity index (χ4v) is 2.06. The lowest BCUT2D eigenvalue weighted by Gasteiger charge is -2.14. The topological polar surface area (TPSA) is 36.9 Å². The van der Waals surface area contributed by atoms with E-state index in [0.717, 1.165) is 5.56 Å². The minimum atomic E-state index is 0.00831. The van der Waals surface area contributed by atoms with Crippen LogP contribution in [0.15, 0.2) is 6.07 Å². The van der Waals surface area contributed by atoms with Crippen molar-refractivity contribution in [2.24, 2.45) is 0 Å². The third-order valence-electron chi connectivity index (χ3n) is 2.56. The van der Waals surface area contributed by atoms with E-state index in [1.165, 1.54) is 0 Å². The highest BCUT2D eigenvalue weighted by atomic mass is 35.5. The number of rotatable bonds is 4. The quantitative estimate of drug-likeness (QED) is 0.778. The molecule has 1 aliphatic heterocycles. The second kappa shape index (κ2) is 4.92. The monoisotopic (exact) mass is 258 g/mol. The van der Waals surface area contributed by atoms with Gasteiger partial charge < -0.3 is 18.9 Å². The van der Waals surface area contributed by atoms with Gasteiger partial charge in [0.1, 0.15) is 0 Å². The molecule has 0 saturated carbocycles. The van der Waals surface area contributed by atoms with Gasteiger partial charge in [-0.15, -0.1) is 11.6 Å². The molecule has 17 heavy (non-hydrogen) atoms. The summed E-state index contributed by atoms with van der Waals surface area (Å²) >= 11 is 6.02. The molecule has 0 aliphatic carbocycles. The van der Waals surface area contributed by atoms with Crippen LogP contribution >= 0.6 is 11.6 Å². The Kier molecular flexibility index (Phi) is 3.52. The molecule has 1 aromatic carbocycles. The smallest absolute Gasteiger partial charge is 0.231 e. The van der Waals surface area contributed by atoms with Crippen molar-refractivity contribution in [1.82, 2.24) is 0 Å². The van der Waals surface area contributed by atoms with Crippen molar-refractivity contribution in [2.75, 3.05) is 21.0 Å². The number of ether oxygens (including phenoxy) is 4. The van der Waals surface area contributed by atoms with E-state index in [0.29, 0.717) is 29.4 Å². The SMILES string of the molecule is COc1cc(C[C@H](C)Cl)c(OC)c2c1OCO2. The summed E-state index contributed by atoms with van der Waals surface area (Å²) in [6, 6.07) is 1.88. The van der Waals surface area contributed by atoms with E-state index >= 15 is 0 Å². The Bertz CT molecular complexity index is 417. The number of fused-ring (bicyclic) bond motifs is 1. The lowest BCUT2D eigenvalue weighted by Crippen LogP contribution is -2.02. The molecule has 0 fully saturated rings. The van der Waals surface area contributed by atoms with Gasteiger partial charge in [0.05, 0.1) is 14.2 Å². The Hall–Kier alpha value is -1.29. The molecular formula is C12H15ClO4. The molecule has 2 rings (SSSR count). The van der Waals surface area contributed by atoms with Gasteiger partial charge in [0.15, 0.2) is 11.5 Å². The van der Waals surface area contributed by atoms with Crippen LogP contribution in [-0.2, 0) is 6.42 Å². The Morgan fingerprint density at radius 1 is 1.29 bits per heavy atom. The highest BCUT2D eigenvalue weighted by Crippen LogP contribution is 2.49. The lowest BCUT2D eigenvalue weighted by atomic mass is 10.1. The summed E-state index contributed by atoms with van der Waals surface area (Å²) in [7, 11) is 3.20. The zero-order chi connectivity index (χ0) is 12.4. The molecule has 1 atom stereocenters. The molecule has 0 amide bonds. The number of hydrogen-bond acceptors (Lipinski definition) is 4. The Labute approximate surface area is 105 Å². The van der Waals surface area contributed by atoms with Crippen molar-refractivity contribution in [1.29, 1.82) is 0 Å². The zero-order valence-corrected chi connectivity index (χ0v) is 10.8. The van der Waals surface area contributed by atoms with Crippen LogP contribution in [0.25, 0.3) is 0 Å². The van der Waals surface area contributed by atoms with Gasteiger partial charge in [-0.25, -0.2) is 0 Å². The first-order valence-corrected chi connectivity index (χ1v) is 5.78. The molecule has 94 valence electrons. The Morgan fingerprint density at radius 3 is 2.59 bits per heavy atom. The van der Waals surface area contributed by atoms with Crippen molar-refractivity contribution in [3.05, 3.63) is 11.6 Å². The van der Waals surface area contributed by atoms with Crippen molar-refractivity contribution < 1.29 is 18.9 Å². The third-order valence-corrected chi connectivity index (χ3v) is 2.72. The van der Waals surface area contributed by atoms with Gasteiger partial charge in [0.2, 0.25) is 18.3 Å². The molecule has 1 aliphatic rings. The van der Waals surface area contributed by atoms with Gasteiger partial charge in [-0.1, -0.05) is 0 Å². The van der Waals surface area contributed by atoms with Gasteiger partial charge in [-0.05, 0) is 19.4 Å². The summed E-state index contributed by atoms with van der Waals surface area (Å²) in [5, 5.41) is 0.00831. The number of methoxy groups -OCH3 is 2. The number of benzene rings is 1. The van der Waals surface area contributed by atoms with Gasteiger partial charge in [0, 0.05) is 10.9 Å². The highest BCUT2D eigenvalue weighted by Gasteiger charge is 2.27. The predicted octanol–water partition coefficient (Wildman–Crippen LogP) is 2.60. The van der Waals surface area contributed by atoms with Gasteiger partial charge in [0.25, 0.3) is 0 Å². The van der Waals surface area contributed by atoms with Crippen molar-refractivity contribution in [3.63, 3.8) is 0 Å². The standard InChI is InChI=1S/C12H15ClO4/c1-7(13)4-8-5-9(14-2)11-12(10(8)15-3)17-6-16-11/h5,7H,4,6H2,1-3H3/t7-/m0/s1. The summed E-state index contributed by atoms with van der Waals surface area (Å²) in [5.41, 5.74) is 0.955. The largest absolute Gasteiger partial charge is 0.493 e. The molecule has 0 radical (unpaired) electrons. The highest BCUT2D eigenvalue weighted by molar-refractivity contribution is 6.20. The van der Waals surface area contributed by atoms with E-state index in [1.54, 1.807) is 14.2 Å². The second-order valence-corrected chi connectivity index (χ2v) is 4.57. The van der Waals surface area contributed by atoms with E-state index in [1.807, 2.05) is 13.0 Å². The first kappa shape index (κ1) is 12.2. The van der Waals surface area contributed by atoms with Crippen LogP contribution in [0.3, 0.4) is 0 Å². The van der Waals surface area contributed by atoms with Crippen LogP contribution < -0.4 is 18.9 Å². The van der Waals surface area contributed by atoms with Crippen molar-refractivity contribution in [2.45, 2.75) is 18.7 Å². The number of halogens is 1. The second-order valence-electron chi connectivity index (χ2n) is 3.82. The first-order chi connectivity index (χ1) is 8.17. The molecule has 5 heteroatoms. The van der Waals surface area contributed by atoms with Gasteiger partial charge >= 0.3 is 0 Å².